The van der Waals surface area contributed by atoms with Gasteiger partial charge < -0.3 is 39.4 Å². The summed E-state index contributed by atoms with van der Waals surface area (Å²) in [5.41, 5.74) is 2.75. The molecule has 2 aliphatic rings. The summed E-state index contributed by atoms with van der Waals surface area (Å²) < 4.78 is 21.1. The van der Waals surface area contributed by atoms with Gasteiger partial charge in [0.25, 0.3) is 0 Å². The maximum Gasteiger partial charge on any atom is 0.203 e. The van der Waals surface area contributed by atoms with E-state index in [1.54, 1.807) is 24.3 Å². The van der Waals surface area contributed by atoms with Crippen LogP contribution in [0, 0.1) is 0 Å². The first kappa shape index (κ1) is 26.2. The molecule has 8 nitrogen and oxygen atoms in total. The largest absolute Gasteiger partial charge is 0.507 e. The first-order chi connectivity index (χ1) is 18.0. The summed E-state index contributed by atoms with van der Waals surface area (Å²) in [5.74, 6) is -0.234. The topological polar surface area (TPSA) is 124 Å². The molecule has 2 aliphatic heterocycles. The molecule has 5 rings (SSSR count). The standard InChI is InChI=1S/C30H34O8/c1-29(2,19-9-23(31)22(24(32)10-19)15-36-27-16-37-27)17-5-7-18(8-6-17)30(3,4)20-11-25(33)28(26(34)12-20)38-14-21-13-35-21/h5-12,21,27,31-34H,13-16H2,1-4H3. The Labute approximate surface area is 222 Å². The third-order valence-corrected chi connectivity index (χ3v) is 7.56. The van der Waals surface area contributed by atoms with Crippen molar-refractivity contribution < 1.29 is 39.4 Å². The van der Waals surface area contributed by atoms with Gasteiger partial charge in [0.15, 0.2) is 17.8 Å². The van der Waals surface area contributed by atoms with Gasteiger partial charge in [0.05, 0.1) is 18.8 Å². The Hall–Kier alpha value is -3.46. The molecular weight excluding hydrogens is 488 g/mol. The predicted molar refractivity (Wildman–Crippen MR) is 140 cm³/mol. The number of epoxide rings is 2. The van der Waals surface area contributed by atoms with E-state index >= 15 is 0 Å². The number of hydrogen-bond donors (Lipinski definition) is 4. The van der Waals surface area contributed by atoms with Gasteiger partial charge in [0.2, 0.25) is 5.75 Å². The van der Waals surface area contributed by atoms with Crippen LogP contribution in [0.3, 0.4) is 0 Å². The third-order valence-electron chi connectivity index (χ3n) is 7.56. The van der Waals surface area contributed by atoms with E-state index in [1.807, 2.05) is 52.0 Å². The molecule has 0 aliphatic carbocycles. The van der Waals surface area contributed by atoms with Gasteiger partial charge in [-0.05, 0) is 46.5 Å². The van der Waals surface area contributed by atoms with E-state index in [1.165, 1.54) is 0 Å². The summed E-state index contributed by atoms with van der Waals surface area (Å²) >= 11 is 0. The van der Waals surface area contributed by atoms with Crippen LogP contribution in [0.5, 0.6) is 28.7 Å². The van der Waals surface area contributed by atoms with E-state index in [-0.39, 0.29) is 54.4 Å². The molecule has 4 N–H and O–H groups in total. The Morgan fingerprint density at radius 1 is 0.711 bits per heavy atom. The van der Waals surface area contributed by atoms with Crippen LogP contribution in [0.25, 0.3) is 0 Å². The lowest BCUT2D eigenvalue weighted by molar-refractivity contribution is 0.0367. The second kappa shape index (κ2) is 9.69. The van der Waals surface area contributed by atoms with Crippen LogP contribution in [0.15, 0.2) is 48.5 Å². The van der Waals surface area contributed by atoms with Crippen LogP contribution < -0.4 is 4.74 Å². The van der Waals surface area contributed by atoms with E-state index in [0.29, 0.717) is 18.8 Å². The first-order valence-electron chi connectivity index (χ1n) is 12.7. The summed E-state index contributed by atoms with van der Waals surface area (Å²) in [7, 11) is 0. The van der Waals surface area contributed by atoms with Crippen molar-refractivity contribution in [1.82, 2.24) is 0 Å². The first-order valence-corrected chi connectivity index (χ1v) is 12.7. The molecule has 2 atom stereocenters. The zero-order chi connectivity index (χ0) is 27.2. The van der Waals surface area contributed by atoms with Crippen LogP contribution >= 0.6 is 0 Å². The molecule has 38 heavy (non-hydrogen) atoms. The number of aromatic hydroxyl groups is 4. The molecule has 3 aromatic carbocycles. The van der Waals surface area contributed by atoms with Crippen molar-refractivity contribution in [2.75, 3.05) is 19.8 Å². The summed E-state index contributed by atoms with van der Waals surface area (Å²) in [6, 6.07) is 14.6. The van der Waals surface area contributed by atoms with Crippen molar-refractivity contribution in [3.8, 4) is 28.7 Å². The lowest BCUT2D eigenvalue weighted by Crippen LogP contribution is -2.21. The summed E-state index contributed by atoms with van der Waals surface area (Å²) in [6.07, 6.45) is -0.260. The highest BCUT2D eigenvalue weighted by Gasteiger charge is 2.31. The van der Waals surface area contributed by atoms with Crippen molar-refractivity contribution in [3.63, 3.8) is 0 Å². The number of ether oxygens (including phenoxy) is 4. The van der Waals surface area contributed by atoms with E-state index in [9.17, 15) is 20.4 Å². The molecule has 0 bridgehead atoms. The minimum absolute atomic E-state index is 0.00926. The molecule has 2 saturated heterocycles. The maximum atomic E-state index is 10.6. The fraction of sp³-hybridized carbons (Fsp3) is 0.400. The second-order valence-corrected chi connectivity index (χ2v) is 11.0. The van der Waals surface area contributed by atoms with Crippen LogP contribution in [0.1, 0.15) is 55.5 Å². The summed E-state index contributed by atoms with van der Waals surface area (Å²) in [4.78, 5) is 0. The summed E-state index contributed by atoms with van der Waals surface area (Å²) in [5, 5.41) is 42.2. The van der Waals surface area contributed by atoms with E-state index in [2.05, 4.69) is 0 Å². The van der Waals surface area contributed by atoms with Crippen LogP contribution in [-0.2, 0) is 31.6 Å². The molecule has 0 aromatic heterocycles. The quantitative estimate of drug-likeness (QED) is 0.280. The van der Waals surface area contributed by atoms with Gasteiger partial charge in [-0.15, -0.1) is 0 Å². The van der Waals surface area contributed by atoms with Gasteiger partial charge in [0.1, 0.15) is 30.8 Å². The average Bonchev–Trinajstić information content (AvgIpc) is 3.78. The fourth-order valence-corrected chi connectivity index (χ4v) is 4.55. The highest BCUT2D eigenvalue weighted by Crippen LogP contribution is 2.44. The maximum absolute atomic E-state index is 10.6. The number of phenols is 4. The van der Waals surface area contributed by atoms with Crippen LogP contribution in [0.2, 0.25) is 0 Å². The zero-order valence-corrected chi connectivity index (χ0v) is 22.0. The Bertz CT molecular complexity index is 1170. The van der Waals surface area contributed by atoms with Crippen molar-refractivity contribution in [1.29, 1.82) is 0 Å². The molecule has 2 heterocycles. The molecule has 0 radical (unpaired) electrons. The predicted octanol–water partition coefficient (Wildman–Crippen LogP) is 4.81. The minimum atomic E-state index is -0.529. The SMILES string of the molecule is CC(C)(c1ccc(C(C)(C)c2cc(O)c(OCC3CO3)c(O)c2)cc1)c1cc(O)c(COC2CO2)c(O)c1. The van der Waals surface area contributed by atoms with Crippen molar-refractivity contribution >= 4 is 0 Å². The van der Waals surface area contributed by atoms with Gasteiger partial charge in [-0.2, -0.15) is 0 Å². The zero-order valence-electron chi connectivity index (χ0n) is 22.0. The van der Waals surface area contributed by atoms with Crippen LogP contribution in [0.4, 0.5) is 0 Å². The lowest BCUT2D eigenvalue weighted by Gasteiger charge is -2.30. The second-order valence-electron chi connectivity index (χ2n) is 11.0. The number of rotatable bonds is 10. The normalized spacial score (nSPS) is 18.8. The Morgan fingerprint density at radius 2 is 1.16 bits per heavy atom. The monoisotopic (exact) mass is 522 g/mol. The lowest BCUT2D eigenvalue weighted by atomic mass is 9.74. The highest BCUT2D eigenvalue weighted by molar-refractivity contribution is 5.56. The van der Waals surface area contributed by atoms with E-state index in [4.69, 9.17) is 18.9 Å². The smallest absolute Gasteiger partial charge is 0.203 e. The highest BCUT2D eigenvalue weighted by atomic mass is 16.8. The summed E-state index contributed by atoms with van der Waals surface area (Å²) in [6.45, 7) is 9.58. The van der Waals surface area contributed by atoms with E-state index in [0.717, 1.165) is 22.3 Å². The Morgan fingerprint density at radius 3 is 1.58 bits per heavy atom. The number of benzene rings is 3. The van der Waals surface area contributed by atoms with Gasteiger partial charge in [-0.1, -0.05) is 52.0 Å². The van der Waals surface area contributed by atoms with Crippen molar-refractivity contribution in [3.05, 3.63) is 76.3 Å². The van der Waals surface area contributed by atoms with E-state index < -0.39 is 10.8 Å². The molecular formula is C30H34O8. The number of phenolic OH excluding ortho intramolecular Hbond substituents is 4. The Balaban J connectivity index is 1.36. The number of hydrogen-bond acceptors (Lipinski definition) is 8. The Kier molecular flexibility index (Phi) is 6.67. The third kappa shape index (κ3) is 5.25. The van der Waals surface area contributed by atoms with Gasteiger partial charge >= 0.3 is 0 Å². The fourth-order valence-electron chi connectivity index (χ4n) is 4.55. The van der Waals surface area contributed by atoms with Gasteiger partial charge in [-0.25, -0.2) is 0 Å². The average molecular weight is 523 g/mol. The van der Waals surface area contributed by atoms with Gasteiger partial charge in [0, 0.05) is 10.8 Å². The molecule has 0 amide bonds. The van der Waals surface area contributed by atoms with Crippen LogP contribution in [-0.4, -0.2) is 52.6 Å². The molecule has 0 spiro atoms. The molecule has 2 unspecified atom stereocenters. The van der Waals surface area contributed by atoms with Gasteiger partial charge in [-0.3, -0.25) is 0 Å². The molecule has 202 valence electrons. The van der Waals surface area contributed by atoms with Crippen molar-refractivity contribution in [2.24, 2.45) is 0 Å². The molecule has 2 fully saturated rings. The molecule has 8 heteroatoms. The molecule has 3 aromatic rings. The molecule has 0 saturated carbocycles. The minimum Gasteiger partial charge on any atom is -0.507 e. The van der Waals surface area contributed by atoms with Crippen molar-refractivity contribution in [2.45, 2.75) is 57.5 Å².